The first-order valence-electron chi connectivity index (χ1n) is 6.22. The Hall–Kier alpha value is -1.55. The molecule has 0 unspecified atom stereocenters. The maximum Gasteiger partial charge on any atom is 0.185 e. The molecule has 4 heteroatoms. The Kier molecular flexibility index (Phi) is 3.19. The summed E-state index contributed by atoms with van der Waals surface area (Å²) in [6, 6.07) is 8.07. The standard InChI is InChI=1S/C14H16N2OS/c1-17-12-6-4-11(5-7-12)13-10-18-14(15-13)16-8-2-3-9-16/h4-7,10H,2-3,8-9H2,1H3. The summed E-state index contributed by atoms with van der Waals surface area (Å²) in [4.78, 5) is 7.09. The fraction of sp³-hybridized carbons (Fsp3) is 0.357. The van der Waals surface area contributed by atoms with Gasteiger partial charge in [0.05, 0.1) is 12.8 Å². The summed E-state index contributed by atoms with van der Waals surface area (Å²) in [5, 5.41) is 3.29. The van der Waals surface area contributed by atoms with Gasteiger partial charge in [0.15, 0.2) is 5.13 Å². The lowest BCUT2D eigenvalue weighted by atomic mass is 10.2. The third-order valence-electron chi connectivity index (χ3n) is 3.25. The van der Waals surface area contributed by atoms with E-state index in [2.05, 4.69) is 22.4 Å². The molecule has 0 radical (unpaired) electrons. The van der Waals surface area contributed by atoms with Gasteiger partial charge in [-0.1, -0.05) is 0 Å². The molecule has 0 atom stereocenters. The van der Waals surface area contributed by atoms with Gasteiger partial charge in [-0.15, -0.1) is 11.3 Å². The molecule has 1 aliphatic heterocycles. The second kappa shape index (κ2) is 4.98. The topological polar surface area (TPSA) is 25.4 Å². The minimum Gasteiger partial charge on any atom is -0.497 e. The van der Waals surface area contributed by atoms with Crippen LogP contribution in [0.5, 0.6) is 5.75 Å². The highest BCUT2D eigenvalue weighted by Crippen LogP contribution is 2.30. The van der Waals surface area contributed by atoms with Gasteiger partial charge >= 0.3 is 0 Å². The minimum atomic E-state index is 0.883. The third-order valence-corrected chi connectivity index (χ3v) is 4.16. The van der Waals surface area contributed by atoms with Crippen LogP contribution in [0, 0.1) is 0 Å². The average molecular weight is 260 g/mol. The number of aromatic nitrogens is 1. The molecule has 2 aromatic rings. The first-order chi connectivity index (χ1) is 8.86. The summed E-state index contributed by atoms with van der Waals surface area (Å²) < 4.78 is 5.17. The Bertz CT molecular complexity index is 515. The van der Waals surface area contributed by atoms with Crippen molar-refractivity contribution in [1.82, 2.24) is 4.98 Å². The van der Waals surface area contributed by atoms with Crippen LogP contribution in [0.1, 0.15) is 12.8 Å². The highest BCUT2D eigenvalue weighted by atomic mass is 32.1. The fourth-order valence-corrected chi connectivity index (χ4v) is 3.10. The molecule has 3 nitrogen and oxygen atoms in total. The molecule has 1 aliphatic rings. The lowest BCUT2D eigenvalue weighted by Gasteiger charge is -2.12. The molecule has 2 heterocycles. The van der Waals surface area contributed by atoms with E-state index < -0.39 is 0 Å². The van der Waals surface area contributed by atoms with Crippen molar-refractivity contribution in [2.45, 2.75) is 12.8 Å². The summed E-state index contributed by atoms with van der Waals surface area (Å²) >= 11 is 1.74. The molecule has 1 aromatic carbocycles. The fourth-order valence-electron chi connectivity index (χ4n) is 2.21. The van der Waals surface area contributed by atoms with Crippen LogP contribution in [0.15, 0.2) is 29.6 Å². The van der Waals surface area contributed by atoms with Crippen LogP contribution in [0.2, 0.25) is 0 Å². The van der Waals surface area contributed by atoms with Gasteiger partial charge in [-0.25, -0.2) is 4.98 Å². The number of hydrogen-bond acceptors (Lipinski definition) is 4. The number of rotatable bonds is 3. The predicted molar refractivity (Wildman–Crippen MR) is 75.5 cm³/mol. The van der Waals surface area contributed by atoms with E-state index in [-0.39, 0.29) is 0 Å². The van der Waals surface area contributed by atoms with Crippen LogP contribution in [0.25, 0.3) is 11.3 Å². The van der Waals surface area contributed by atoms with Gasteiger partial charge in [0.2, 0.25) is 0 Å². The summed E-state index contributed by atoms with van der Waals surface area (Å²) in [6.07, 6.45) is 2.58. The quantitative estimate of drug-likeness (QED) is 0.845. The van der Waals surface area contributed by atoms with Gasteiger partial charge in [-0.2, -0.15) is 0 Å². The van der Waals surface area contributed by atoms with E-state index in [1.165, 1.54) is 12.8 Å². The molecule has 0 amide bonds. The Morgan fingerprint density at radius 3 is 2.56 bits per heavy atom. The third kappa shape index (κ3) is 2.20. The Balaban J connectivity index is 1.82. The van der Waals surface area contributed by atoms with Gasteiger partial charge in [0, 0.05) is 24.0 Å². The molecule has 18 heavy (non-hydrogen) atoms. The van der Waals surface area contributed by atoms with Crippen molar-refractivity contribution in [3.8, 4) is 17.0 Å². The van der Waals surface area contributed by atoms with Crippen molar-refractivity contribution in [3.05, 3.63) is 29.6 Å². The van der Waals surface area contributed by atoms with E-state index in [0.717, 1.165) is 35.2 Å². The monoisotopic (exact) mass is 260 g/mol. The number of methoxy groups -OCH3 is 1. The first-order valence-corrected chi connectivity index (χ1v) is 7.10. The molecular formula is C14H16N2OS. The normalized spacial score (nSPS) is 15.1. The number of ether oxygens (including phenoxy) is 1. The van der Waals surface area contributed by atoms with Gasteiger partial charge < -0.3 is 9.64 Å². The molecule has 0 bridgehead atoms. The number of thiazole rings is 1. The summed E-state index contributed by atoms with van der Waals surface area (Å²) in [6.45, 7) is 2.30. The molecular weight excluding hydrogens is 244 g/mol. The van der Waals surface area contributed by atoms with Gasteiger partial charge in [0.25, 0.3) is 0 Å². The molecule has 0 spiro atoms. The molecule has 94 valence electrons. The average Bonchev–Trinajstić information content (AvgIpc) is 3.09. The molecule has 3 rings (SSSR count). The van der Waals surface area contributed by atoms with Crippen LogP contribution in [-0.4, -0.2) is 25.2 Å². The molecule has 1 aromatic heterocycles. The van der Waals surface area contributed by atoms with Crippen LogP contribution < -0.4 is 9.64 Å². The number of benzene rings is 1. The second-order valence-corrected chi connectivity index (χ2v) is 5.27. The van der Waals surface area contributed by atoms with Crippen LogP contribution in [-0.2, 0) is 0 Å². The molecule has 0 saturated carbocycles. The van der Waals surface area contributed by atoms with Crippen LogP contribution in [0.4, 0.5) is 5.13 Å². The highest BCUT2D eigenvalue weighted by molar-refractivity contribution is 7.14. The number of nitrogens with zero attached hydrogens (tertiary/aromatic N) is 2. The first kappa shape index (κ1) is 11.5. The van der Waals surface area contributed by atoms with E-state index in [9.17, 15) is 0 Å². The zero-order valence-corrected chi connectivity index (χ0v) is 11.2. The van der Waals surface area contributed by atoms with Crippen molar-refractivity contribution in [2.24, 2.45) is 0 Å². The lowest BCUT2D eigenvalue weighted by Crippen LogP contribution is -2.17. The molecule has 0 N–H and O–H groups in total. The van der Waals surface area contributed by atoms with E-state index in [1.807, 2.05) is 12.1 Å². The van der Waals surface area contributed by atoms with Crippen molar-refractivity contribution in [2.75, 3.05) is 25.1 Å². The summed E-state index contributed by atoms with van der Waals surface area (Å²) in [5.41, 5.74) is 2.21. The molecule has 0 aliphatic carbocycles. The van der Waals surface area contributed by atoms with Crippen molar-refractivity contribution >= 4 is 16.5 Å². The van der Waals surface area contributed by atoms with E-state index in [4.69, 9.17) is 9.72 Å². The van der Waals surface area contributed by atoms with E-state index in [0.29, 0.717) is 0 Å². The van der Waals surface area contributed by atoms with E-state index in [1.54, 1.807) is 18.4 Å². The maximum absolute atomic E-state index is 5.17. The minimum absolute atomic E-state index is 0.883. The van der Waals surface area contributed by atoms with E-state index >= 15 is 0 Å². The largest absolute Gasteiger partial charge is 0.497 e. The number of hydrogen-bond donors (Lipinski definition) is 0. The van der Waals surface area contributed by atoms with Gasteiger partial charge in [-0.3, -0.25) is 0 Å². The van der Waals surface area contributed by atoms with Crippen LogP contribution >= 0.6 is 11.3 Å². The zero-order chi connectivity index (χ0) is 12.4. The zero-order valence-electron chi connectivity index (χ0n) is 10.4. The van der Waals surface area contributed by atoms with Crippen molar-refractivity contribution in [3.63, 3.8) is 0 Å². The second-order valence-electron chi connectivity index (χ2n) is 4.44. The van der Waals surface area contributed by atoms with Gasteiger partial charge in [-0.05, 0) is 37.1 Å². The van der Waals surface area contributed by atoms with Crippen LogP contribution in [0.3, 0.4) is 0 Å². The van der Waals surface area contributed by atoms with Gasteiger partial charge in [0.1, 0.15) is 5.75 Å². The molecule has 1 saturated heterocycles. The summed E-state index contributed by atoms with van der Waals surface area (Å²) in [5.74, 6) is 0.883. The van der Waals surface area contributed by atoms with Crippen molar-refractivity contribution in [1.29, 1.82) is 0 Å². The Morgan fingerprint density at radius 2 is 1.89 bits per heavy atom. The SMILES string of the molecule is COc1ccc(-c2csc(N3CCCC3)n2)cc1. The Labute approximate surface area is 111 Å². The Morgan fingerprint density at radius 1 is 1.17 bits per heavy atom. The smallest absolute Gasteiger partial charge is 0.185 e. The molecule has 1 fully saturated rings. The summed E-state index contributed by atoms with van der Waals surface area (Å²) in [7, 11) is 1.68. The highest BCUT2D eigenvalue weighted by Gasteiger charge is 2.15. The van der Waals surface area contributed by atoms with Crippen molar-refractivity contribution < 1.29 is 4.74 Å². The predicted octanol–water partition coefficient (Wildman–Crippen LogP) is 3.42. The lowest BCUT2D eigenvalue weighted by molar-refractivity contribution is 0.415. The maximum atomic E-state index is 5.17. The number of anilines is 1.